The number of carbonyl (C=O) groups is 2. The van der Waals surface area contributed by atoms with Crippen molar-refractivity contribution >= 4 is 33.2 Å². The van der Waals surface area contributed by atoms with E-state index in [2.05, 4.69) is 10.6 Å². The van der Waals surface area contributed by atoms with Crippen LogP contribution in [0, 0.1) is 12.8 Å². The van der Waals surface area contributed by atoms with Gasteiger partial charge in [0.2, 0.25) is 21.8 Å². The summed E-state index contributed by atoms with van der Waals surface area (Å²) in [4.78, 5) is 24.0. The number of amides is 2. The molecule has 2 aromatic rings. The van der Waals surface area contributed by atoms with Gasteiger partial charge in [-0.2, -0.15) is 4.31 Å². The number of hydrogen-bond acceptors (Lipinski definition) is 5. The van der Waals surface area contributed by atoms with Gasteiger partial charge in [0.25, 0.3) is 0 Å². The van der Waals surface area contributed by atoms with Crippen LogP contribution in [0.15, 0.2) is 47.4 Å². The third kappa shape index (κ3) is 5.42. The van der Waals surface area contributed by atoms with Gasteiger partial charge < -0.3 is 15.4 Å². The molecule has 8 nitrogen and oxygen atoms in total. The van der Waals surface area contributed by atoms with E-state index in [1.165, 1.54) is 18.3 Å². The molecule has 3 rings (SSSR count). The predicted molar refractivity (Wildman–Crippen MR) is 119 cm³/mol. The molecule has 0 radical (unpaired) electrons. The summed E-state index contributed by atoms with van der Waals surface area (Å²) in [6.07, 6.45) is 1.19. The first kappa shape index (κ1) is 22.8. The molecule has 1 saturated heterocycles. The van der Waals surface area contributed by atoms with E-state index in [0.717, 1.165) is 5.56 Å². The molecule has 0 spiro atoms. The van der Waals surface area contributed by atoms with Crippen molar-refractivity contribution in [2.24, 2.45) is 5.92 Å². The number of anilines is 2. The van der Waals surface area contributed by atoms with Crippen LogP contribution in [0.5, 0.6) is 5.75 Å². The Morgan fingerprint density at radius 2 is 1.71 bits per heavy atom. The molecule has 31 heavy (non-hydrogen) atoms. The number of carbonyl (C=O) groups excluding carboxylic acids is 2. The molecular weight excluding hydrogens is 418 g/mol. The fraction of sp³-hybridized carbons (Fsp3) is 0.364. The van der Waals surface area contributed by atoms with Crippen molar-refractivity contribution in [3.05, 3.63) is 48.0 Å². The second-order valence-electron chi connectivity index (χ2n) is 7.60. The number of nitrogens with zero attached hydrogens (tertiary/aromatic N) is 1. The summed E-state index contributed by atoms with van der Waals surface area (Å²) in [6, 6.07) is 11.8. The summed E-state index contributed by atoms with van der Waals surface area (Å²) < 4.78 is 33.1. The predicted octanol–water partition coefficient (Wildman–Crippen LogP) is 3.00. The standard InChI is InChI=1S/C22H27N3O5S/c1-15-6-11-20(30-3)21(13-15)31(28,29)25-12-4-5-17(14-25)22(27)24-19-9-7-18(8-10-19)23-16(2)26/h6-11,13,17H,4-5,12,14H2,1-3H3,(H,23,26)(H,24,27)/t17-/m0/s1. The Bertz CT molecular complexity index is 1070. The molecule has 1 heterocycles. The number of rotatable bonds is 6. The molecule has 2 amide bonds. The zero-order valence-electron chi connectivity index (χ0n) is 17.8. The first-order chi connectivity index (χ1) is 14.7. The van der Waals surface area contributed by atoms with Gasteiger partial charge in [-0.1, -0.05) is 6.07 Å². The summed E-state index contributed by atoms with van der Waals surface area (Å²) in [7, 11) is -2.36. The van der Waals surface area contributed by atoms with Crippen molar-refractivity contribution in [2.75, 3.05) is 30.8 Å². The van der Waals surface area contributed by atoms with E-state index >= 15 is 0 Å². The van der Waals surface area contributed by atoms with Gasteiger partial charge in [0.15, 0.2) is 0 Å². The Morgan fingerprint density at radius 1 is 1.06 bits per heavy atom. The van der Waals surface area contributed by atoms with E-state index in [1.807, 2.05) is 6.92 Å². The molecule has 2 N–H and O–H groups in total. The van der Waals surface area contributed by atoms with Crippen molar-refractivity contribution in [3.8, 4) is 5.75 Å². The molecule has 0 unspecified atom stereocenters. The van der Waals surface area contributed by atoms with Gasteiger partial charge in [-0.15, -0.1) is 0 Å². The highest BCUT2D eigenvalue weighted by Crippen LogP contribution is 2.31. The maximum absolute atomic E-state index is 13.3. The quantitative estimate of drug-likeness (QED) is 0.711. The monoisotopic (exact) mass is 445 g/mol. The third-order valence-electron chi connectivity index (χ3n) is 5.16. The van der Waals surface area contributed by atoms with Crippen molar-refractivity contribution in [1.82, 2.24) is 4.31 Å². The minimum Gasteiger partial charge on any atom is -0.495 e. The van der Waals surface area contributed by atoms with E-state index in [9.17, 15) is 18.0 Å². The number of aryl methyl sites for hydroxylation is 1. The van der Waals surface area contributed by atoms with E-state index < -0.39 is 15.9 Å². The number of sulfonamides is 1. The van der Waals surface area contributed by atoms with Gasteiger partial charge in [-0.25, -0.2) is 8.42 Å². The van der Waals surface area contributed by atoms with Crippen LogP contribution in [0.2, 0.25) is 0 Å². The summed E-state index contributed by atoms with van der Waals surface area (Å²) in [5, 5.41) is 5.50. The lowest BCUT2D eigenvalue weighted by atomic mass is 9.98. The molecule has 2 aromatic carbocycles. The van der Waals surface area contributed by atoms with E-state index in [1.54, 1.807) is 42.5 Å². The minimum atomic E-state index is -3.80. The topological polar surface area (TPSA) is 105 Å². The molecule has 1 atom stereocenters. The Balaban J connectivity index is 1.72. The summed E-state index contributed by atoms with van der Waals surface area (Å²) in [5.74, 6) is -0.584. The fourth-order valence-electron chi connectivity index (χ4n) is 3.58. The van der Waals surface area contributed by atoms with E-state index in [0.29, 0.717) is 30.8 Å². The van der Waals surface area contributed by atoms with Crippen LogP contribution in [0.25, 0.3) is 0 Å². The molecule has 1 aliphatic heterocycles. The Labute approximate surface area is 182 Å². The Hall–Kier alpha value is -2.91. The Kier molecular flexibility index (Phi) is 6.97. The van der Waals surface area contributed by atoms with Gasteiger partial charge in [-0.3, -0.25) is 9.59 Å². The van der Waals surface area contributed by atoms with Crippen molar-refractivity contribution < 1.29 is 22.7 Å². The van der Waals surface area contributed by atoms with Crippen LogP contribution in [0.1, 0.15) is 25.3 Å². The molecule has 1 fully saturated rings. The lowest BCUT2D eigenvalue weighted by Crippen LogP contribution is -2.43. The molecule has 0 aromatic heterocycles. The molecule has 0 saturated carbocycles. The lowest BCUT2D eigenvalue weighted by Gasteiger charge is -2.31. The average molecular weight is 446 g/mol. The minimum absolute atomic E-state index is 0.106. The first-order valence-electron chi connectivity index (χ1n) is 10.0. The molecule has 1 aliphatic rings. The van der Waals surface area contributed by atoms with Crippen molar-refractivity contribution in [2.45, 2.75) is 31.6 Å². The molecule has 0 aliphatic carbocycles. The van der Waals surface area contributed by atoms with E-state index in [4.69, 9.17) is 4.74 Å². The normalized spacial score (nSPS) is 17.1. The highest BCUT2D eigenvalue weighted by Gasteiger charge is 2.35. The van der Waals surface area contributed by atoms with Gasteiger partial charge in [-0.05, 0) is 61.7 Å². The molecule has 9 heteroatoms. The van der Waals surface area contributed by atoms with Gasteiger partial charge in [0.05, 0.1) is 13.0 Å². The van der Waals surface area contributed by atoms with Crippen molar-refractivity contribution in [1.29, 1.82) is 0 Å². The van der Waals surface area contributed by atoms with Gasteiger partial charge in [0, 0.05) is 31.4 Å². The number of piperidine rings is 1. The van der Waals surface area contributed by atoms with Crippen molar-refractivity contribution in [3.63, 3.8) is 0 Å². The second-order valence-corrected chi connectivity index (χ2v) is 9.51. The maximum atomic E-state index is 13.3. The van der Waals surface area contributed by atoms with Gasteiger partial charge >= 0.3 is 0 Å². The lowest BCUT2D eigenvalue weighted by molar-refractivity contribution is -0.121. The van der Waals surface area contributed by atoms with Crippen LogP contribution in [-0.4, -0.2) is 44.7 Å². The fourth-order valence-corrected chi connectivity index (χ4v) is 5.35. The number of ether oxygens (including phenoxy) is 1. The summed E-state index contributed by atoms with van der Waals surface area (Å²) in [6.45, 7) is 3.71. The molecular formula is C22H27N3O5S. The zero-order chi connectivity index (χ0) is 22.6. The third-order valence-corrected chi connectivity index (χ3v) is 7.05. The smallest absolute Gasteiger partial charge is 0.246 e. The number of benzene rings is 2. The number of hydrogen-bond donors (Lipinski definition) is 2. The number of methoxy groups -OCH3 is 1. The zero-order valence-corrected chi connectivity index (χ0v) is 18.7. The van der Waals surface area contributed by atoms with E-state index in [-0.39, 0.29) is 29.0 Å². The maximum Gasteiger partial charge on any atom is 0.246 e. The average Bonchev–Trinajstić information content (AvgIpc) is 2.74. The van der Waals surface area contributed by atoms with Crippen LogP contribution in [-0.2, 0) is 19.6 Å². The Morgan fingerprint density at radius 3 is 2.32 bits per heavy atom. The summed E-state index contributed by atoms with van der Waals surface area (Å²) in [5.41, 5.74) is 2.03. The van der Waals surface area contributed by atoms with Crippen LogP contribution in [0.4, 0.5) is 11.4 Å². The van der Waals surface area contributed by atoms with Crippen LogP contribution >= 0.6 is 0 Å². The highest BCUT2D eigenvalue weighted by atomic mass is 32.2. The second kappa shape index (κ2) is 9.49. The molecule has 166 valence electrons. The van der Waals surface area contributed by atoms with Crippen LogP contribution in [0.3, 0.4) is 0 Å². The highest BCUT2D eigenvalue weighted by molar-refractivity contribution is 7.89. The summed E-state index contributed by atoms with van der Waals surface area (Å²) >= 11 is 0. The SMILES string of the molecule is COc1ccc(C)cc1S(=O)(=O)N1CCC[C@H](C(=O)Nc2ccc(NC(C)=O)cc2)C1. The first-order valence-corrected chi connectivity index (χ1v) is 11.5. The molecule has 0 bridgehead atoms. The van der Waals surface area contributed by atoms with Gasteiger partial charge in [0.1, 0.15) is 10.6 Å². The largest absolute Gasteiger partial charge is 0.495 e. The van der Waals surface area contributed by atoms with Crippen LogP contribution < -0.4 is 15.4 Å². The number of nitrogens with one attached hydrogen (secondary N) is 2.